The lowest BCUT2D eigenvalue weighted by atomic mass is 9.88. The highest BCUT2D eigenvalue weighted by molar-refractivity contribution is 6.31. The molecule has 2 aliphatic rings. The third-order valence-corrected chi connectivity index (χ3v) is 4.49. The van der Waals surface area contributed by atoms with E-state index in [1.807, 2.05) is 4.68 Å². The van der Waals surface area contributed by atoms with Crippen LogP contribution in [0.4, 0.5) is 0 Å². The highest BCUT2D eigenvalue weighted by atomic mass is 35.5. The minimum Gasteiger partial charge on any atom is -0.322 e. The van der Waals surface area contributed by atoms with Gasteiger partial charge in [0.2, 0.25) is 0 Å². The van der Waals surface area contributed by atoms with Gasteiger partial charge in [0.05, 0.1) is 23.0 Å². The van der Waals surface area contributed by atoms with Crippen molar-refractivity contribution in [2.24, 2.45) is 23.5 Å². The van der Waals surface area contributed by atoms with E-state index in [2.05, 4.69) is 12.0 Å². The van der Waals surface area contributed by atoms with Crippen LogP contribution in [0.2, 0.25) is 5.02 Å². The molecule has 1 atom stereocenters. The van der Waals surface area contributed by atoms with Crippen molar-refractivity contribution in [2.75, 3.05) is 0 Å². The molecule has 3 nitrogen and oxygen atoms in total. The molecule has 2 aliphatic carbocycles. The van der Waals surface area contributed by atoms with Gasteiger partial charge in [0.25, 0.3) is 0 Å². The van der Waals surface area contributed by atoms with E-state index < -0.39 is 0 Å². The molecule has 1 heterocycles. The van der Waals surface area contributed by atoms with Crippen LogP contribution in [0.5, 0.6) is 0 Å². The Morgan fingerprint density at radius 3 is 2.47 bits per heavy atom. The monoisotopic (exact) mass is 253 g/mol. The Morgan fingerprint density at radius 2 is 2.00 bits per heavy atom. The lowest BCUT2D eigenvalue weighted by Crippen LogP contribution is -2.27. The van der Waals surface area contributed by atoms with Crippen LogP contribution in [0.1, 0.15) is 44.3 Å². The average Bonchev–Trinajstić information content (AvgIpc) is 3.20. The minimum absolute atomic E-state index is 0.0740. The van der Waals surface area contributed by atoms with Crippen molar-refractivity contribution in [3.63, 3.8) is 0 Å². The smallest absolute Gasteiger partial charge is 0.0834 e. The Labute approximate surface area is 107 Å². The maximum Gasteiger partial charge on any atom is 0.0834 e. The zero-order valence-corrected chi connectivity index (χ0v) is 11.0. The normalized spacial score (nSPS) is 22.1. The quantitative estimate of drug-likeness (QED) is 0.877. The molecule has 0 spiro atoms. The standard InChI is InChI=1S/C13H20ClN3/c1-2-17-13(10(14)7-16-17)12(15)11(8-3-4-8)9-5-6-9/h7-9,11-12H,2-6,15H2,1H3. The molecule has 0 radical (unpaired) electrons. The average molecular weight is 254 g/mol. The summed E-state index contributed by atoms with van der Waals surface area (Å²) in [5.74, 6) is 2.32. The lowest BCUT2D eigenvalue weighted by molar-refractivity contribution is 0.321. The fourth-order valence-corrected chi connectivity index (χ4v) is 3.34. The molecular weight excluding hydrogens is 234 g/mol. The first-order valence-electron chi connectivity index (χ1n) is 6.69. The topological polar surface area (TPSA) is 43.8 Å². The predicted octanol–water partition coefficient (Wildman–Crippen LogP) is 2.99. The van der Waals surface area contributed by atoms with E-state index in [1.54, 1.807) is 6.20 Å². The van der Waals surface area contributed by atoms with E-state index in [4.69, 9.17) is 17.3 Å². The predicted molar refractivity (Wildman–Crippen MR) is 68.8 cm³/mol. The van der Waals surface area contributed by atoms with Crippen LogP contribution in [-0.4, -0.2) is 9.78 Å². The summed E-state index contributed by atoms with van der Waals surface area (Å²) in [6.45, 7) is 2.93. The molecule has 0 aliphatic heterocycles. The van der Waals surface area contributed by atoms with Crippen molar-refractivity contribution in [1.82, 2.24) is 9.78 Å². The highest BCUT2D eigenvalue weighted by Gasteiger charge is 2.45. The van der Waals surface area contributed by atoms with Crippen LogP contribution in [0.15, 0.2) is 6.20 Å². The van der Waals surface area contributed by atoms with Gasteiger partial charge in [-0.2, -0.15) is 5.10 Å². The van der Waals surface area contributed by atoms with Crippen LogP contribution < -0.4 is 5.73 Å². The van der Waals surface area contributed by atoms with Crippen molar-refractivity contribution in [3.8, 4) is 0 Å². The van der Waals surface area contributed by atoms with Crippen LogP contribution in [0.3, 0.4) is 0 Å². The first kappa shape index (κ1) is 11.5. The van der Waals surface area contributed by atoms with Crippen LogP contribution in [-0.2, 0) is 6.54 Å². The molecule has 1 unspecified atom stereocenters. The van der Waals surface area contributed by atoms with Crippen molar-refractivity contribution >= 4 is 11.6 Å². The van der Waals surface area contributed by atoms with E-state index in [9.17, 15) is 0 Å². The number of aryl methyl sites for hydroxylation is 1. The number of hydrogen-bond acceptors (Lipinski definition) is 2. The summed E-state index contributed by atoms with van der Waals surface area (Å²) in [7, 11) is 0. The van der Waals surface area contributed by atoms with Gasteiger partial charge in [-0.25, -0.2) is 0 Å². The largest absolute Gasteiger partial charge is 0.322 e. The summed E-state index contributed by atoms with van der Waals surface area (Å²) in [5.41, 5.74) is 7.55. The first-order chi connectivity index (χ1) is 8.22. The molecule has 4 heteroatoms. The maximum atomic E-state index is 6.50. The van der Waals surface area contributed by atoms with Crippen LogP contribution in [0.25, 0.3) is 0 Å². The molecule has 1 aromatic rings. The lowest BCUT2D eigenvalue weighted by Gasteiger charge is -2.24. The molecule has 3 rings (SSSR count). The van der Waals surface area contributed by atoms with Gasteiger partial charge in [-0.05, 0) is 50.4 Å². The highest BCUT2D eigenvalue weighted by Crippen LogP contribution is 2.53. The number of aromatic nitrogens is 2. The molecule has 0 aromatic carbocycles. The SMILES string of the molecule is CCn1ncc(Cl)c1C(N)C(C1CC1)C1CC1. The van der Waals surface area contributed by atoms with Crippen molar-refractivity contribution in [2.45, 2.75) is 45.2 Å². The number of nitrogens with zero attached hydrogens (tertiary/aromatic N) is 2. The Bertz CT molecular complexity index is 395. The fraction of sp³-hybridized carbons (Fsp3) is 0.769. The Morgan fingerprint density at radius 1 is 1.41 bits per heavy atom. The summed E-state index contributed by atoms with van der Waals surface area (Å²) in [4.78, 5) is 0. The second-order valence-electron chi connectivity index (χ2n) is 5.47. The number of hydrogen-bond donors (Lipinski definition) is 1. The van der Waals surface area contributed by atoms with E-state index in [-0.39, 0.29) is 6.04 Å². The molecule has 2 fully saturated rings. The third kappa shape index (κ3) is 2.11. The summed E-state index contributed by atoms with van der Waals surface area (Å²) >= 11 is 6.25. The van der Waals surface area contributed by atoms with Gasteiger partial charge in [0, 0.05) is 6.54 Å². The van der Waals surface area contributed by atoms with E-state index in [1.165, 1.54) is 25.7 Å². The van der Waals surface area contributed by atoms with Gasteiger partial charge >= 0.3 is 0 Å². The van der Waals surface area contributed by atoms with Gasteiger partial charge in [0.1, 0.15) is 0 Å². The molecule has 0 amide bonds. The molecule has 17 heavy (non-hydrogen) atoms. The van der Waals surface area contributed by atoms with E-state index >= 15 is 0 Å². The van der Waals surface area contributed by atoms with Gasteiger partial charge in [-0.1, -0.05) is 11.6 Å². The molecule has 1 aromatic heterocycles. The van der Waals surface area contributed by atoms with Crippen LogP contribution in [0, 0.1) is 17.8 Å². The molecule has 94 valence electrons. The summed E-state index contributed by atoms with van der Waals surface area (Å²) in [5, 5.41) is 5.04. The minimum atomic E-state index is 0.0740. The molecular formula is C13H20ClN3. The van der Waals surface area contributed by atoms with Gasteiger partial charge < -0.3 is 5.73 Å². The van der Waals surface area contributed by atoms with Gasteiger partial charge in [-0.3, -0.25) is 4.68 Å². The Balaban J connectivity index is 1.87. The molecule has 2 N–H and O–H groups in total. The zero-order chi connectivity index (χ0) is 12.0. The number of rotatable bonds is 5. The molecule has 0 bridgehead atoms. The second-order valence-corrected chi connectivity index (χ2v) is 5.88. The van der Waals surface area contributed by atoms with E-state index in [0.29, 0.717) is 5.92 Å². The van der Waals surface area contributed by atoms with Crippen molar-refractivity contribution < 1.29 is 0 Å². The Hall–Kier alpha value is -0.540. The fourth-order valence-electron chi connectivity index (χ4n) is 3.07. The van der Waals surface area contributed by atoms with Gasteiger partial charge in [0.15, 0.2) is 0 Å². The molecule has 2 saturated carbocycles. The van der Waals surface area contributed by atoms with Crippen LogP contribution >= 0.6 is 11.6 Å². The van der Waals surface area contributed by atoms with E-state index in [0.717, 1.165) is 29.1 Å². The Kier molecular flexibility index (Phi) is 2.91. The number of halogens is 1. The second kappa shape index (κ2) is 4.29. The summed E-state index contributed by atoms with van der Waals surface area (Å²) in [6.07, 6.45) is 7.15. The summed E-state index contributed by atoms with van der Waals surface area (Å²) < 4.78 is 1.96. The number of nitrogens with two attached hydrogens (primary N) is 1. The van der Waals surface area contributed by atoms with Crippen molar-refractivity contribution in [3.05, 3.63) is 16.9 Å². The van der Waals surface area contributed by atoms with Crippen molar-refractivity contribution in [1.29, 1.82) is 0 Å². The molecule has 0 saturated heterocycles. The maximum absolute atomic E-state index is 6.50. The first-order valence-corrected chi connectivity index (χ1v) is 7.07. The van der Waals surface area contributed by atoms with Gasteiger partial charge in [-0.15, -0.1) is 0 Å². The summed E-state index contributed by atoms with van der Waals surface area (Å²) in [6, 6.07) is 0.0740. The third-order valence-electron chi connectivity index (χ3n) is 4.20. The zero-order valence-electron chi connectivity index (χ0n) is 10.3.